The molecule has 2 aromatic rings. The number of aryl methyl sites for hydroxylation is 2. The van der Waals surface area contributed by atoms with Crippen molar-refractivity contribution in [2.24, 2.45) is 0 Å². The van der Waals surface area contributed by atoms with Crippen molar-refractivity contribution in [2.45, 2.75) is 45.7 Å². The molecule has 0 unspecified atom stereocenters. The van der Waals surface area contributed by atoms with Crippen molar-refractivity contribution < 1.29 is 0 Å². The van der Waals surface area contributed by atoms with Crippen molar-refractivity contribution in [3.05, 3.63) is 47.3 Å². The van der Waals surface area contributed by atoms with Gasteiger partial charge in [-0.15, -0.1) is 0 Å². The molecule has 106 valence electrons. The molecule has 0 atom stereocenters. The maximum Gasteiger partial charge on any atom is 0.106 e. The van der Waals surface area contributed by atoms with Gasteiger partial charge in [-0.1, -0.05) is 6.07 Å². The van der Waals surface area contributed by atoms with Crippen molar-refractivity contribution in [2.75, 3.05) is 6.54 Å². The van der Waals surface area contributed by atoms with Gasteiger partial charge in [0.2, 0.25) is 0 Å². The molecule has 20 heavy (non-hydrogen) atoms. The minimum absolute atomic E-state index is 0.879. The zero-order valence-corrected chi connectivity index (χ0v) is 12.1. The van der Waals surface area contributed by atoms with E-state index in [1.54, 1.807) is 0 Å². The maximum atomic E-state index is 4.71. The Balaban J connectivity index is 1.55. The molecule has 1 N–H and O–H groups in total. The van der Waals surface area contributed by atoms with E-state index in [1.807, 2.05) is 18.5 Å². The second kappa shape index (κ2) is 6.18. The first-order chi connectivity index (χ1) is 9.84. The van der Waals surface area contributed by atoms with Gasteiger partial charge in [0.05, 0.1) is 5.69 Å². The Kier molecular flexibility index (Phi) is 4.11. The third kappa shape index (κ3) is 2.90. The number of nitrogens with zero attached hydrogens (tertiary/aromatic N) is 3. The Morgan fingerprint density at radius 1 is 1.30 bits per heavy atom. The number of pyridine rings is 1. The number of fused-ring (bicyclic) bond motifs is 1. The quantitative estimate of drug-likeness (QED) is 0.847. The lowest BCUT2D eigenvalue weighted by molar-refractivity contribution is 0.555. The average molecular weight is 270 g/mol. The second-order valence-electron chi connectivity index (χ2n) is 5.45. The molecule has 0 saturated heterocycles. The molecule has 1 aliphatic carbocycles. The van der Waals surface area contributed by atoms with E-state index in [9.17, 15) is 0 Å². The number of nitrogens with one attached hydrogen (secondary N) is 1. The van der Waals surface area contributed by atoms with Crippen LogP contribution in [-0.2, 0) is 25.9 Å². The van der Waals surface area contributed by atoms with Gasteiger partial charge in [-0.2, -0.15) is 0 Å². The molecule has 0 radical (unpaired) electrons. The lowest BCUT2D eigenvalue weighted by atomic mass is 10.0. The molecule has 0 amide bonds. The molecule has 2 aromatic heterocycles. The minimum atomic E-state index is 0.879. The van der Waals surface area contributed by atoms with Crippen LogP contribution in [0.15, 0.2) is 24.5 Å². The summed E-state index contributed by atoms with van der Waals surface area (Å²) in [6.45, 7) is 4.98. The molecule has 0 fully saturated rings. The summed E-state index contributed by atoms with van der Waals surface area (Å²) in [7, 11) is 0. The van der Waals surface area contributed by atoms with Gasteiger partial charge in [-0.3, -0.25) is 4.98 Å². The predicted molar refractivity (Wildman–Crippen MR) is 79.5 cm³/mol. The summed E-state index contributed by atoms with van der Waals surface area (Å²) in [5, 5.41) is 3.49. The number of hydrogen-bond donors (Lipinski definition) is 1. The highest BCUT2D eigenvalue weighted by molar-refractivity contribution is 5.19. The van der Waals surface area contributed by atoms with E-state index >= 15 is 0 Å². The Morgan fingerprint density at radius 3 is 3.05 bits per heavy atom. The molecule has 0 bridgehead atoms. The summed E-state index contributed by atoms with van der Waals surface area (Å²) in [5.74, 6) is 1.17. The fourth-order valence-corrected chi connectivity index (χ4v) is 2.96. The van der Waals surface area contributed by atoms with Gasteiger partial charge in [0.25, 0.3) is 0 Å². The van der Waals surface area contributed by atoms with Crippen molar-refractivity contribution in [3.8, 4) is 0 Å². The molecule has 4 heteroatoms. The number of imidazole rings is 1. The lowest BCUT2D eigenvalue weighted by Gasteiger charge is -2.15. The Bertz CT molecular complexity index is 559. The molecule has 4 nitrogen and oxygen atoms in total. The van der Waals surface area contributed by atoms with Crippen LogP contribution in [0.5, 0.6) is 0 Å². The van der Waals surface area contributed by atoms with Crippen molar-refractivity contribution in [1.29, 1.82) is 0 Å². The van der Waals surface area contributed by atoms with Gasteiger partial charge in [-0.25, -0.2) is 4.98 Å². The van der Waals surface area contributed by atoms with Crippen LogP contribution < -0.4 is 5.32 Å². The fraction of sp³-hybridized carbons (Fsp3) is 0.500. The first-order valence-electron chi connectivity index (χ1n) is 7.49. The highest BCUT2D eigenvalue weighted by Crippen LogP contribution is 2.21. The van der Waals surface area contributed by atoms with E-state index < -0.39 is 0 Å². The monoisotopic (exact) mass is 270 g/mol. The van der Waals surface area contributed by atoms with Crippen LogP contribution in [0, 0.1) is 6.92 Å². The molecule has 0 spiro atoms. The third-order valence-corrected chi connectivity index (χ3v) is 3.99. The maximum absolute atomic E-state index is 4.71. The van der Waals surface area contributed by atoms with E-state index in [-0.39, 0.29) is 0 Å². The standard InChI is InChI=1S/C16H22N4/c1-13-19-15-6-2-3-7-16(15)20(13)10-9-18-12-14-5-4-8-17-11-14/h4-5,8,11,18H,2-3,6-7,9-10,12H2,1H3. The molecular weight excluding hydrogens is 248 g/mol. The number of rotatable bonds is 5. The van der Waals surface area contributed by atoms with Gasteiger partial charge < -0.3 is 9.88 Å². The molecule has 0 saturated carbocycles. The van der Waals surface area contributed by atoms with Crippen molar-refractivity contribution in [3.63, 3.8) is 0 Å². The topological polar surface area (TPSA) is 42.7 Å². The second-order valence-corrected chi connectivity index (χ2v) is 5.45. The molecule has 2 heterocycles. The highest BCUT2D eigenvalue weighted by atomic mass is 15.1. The largest absolute Gasteiger partial charge is 0.331 e. The minimum Gasteiger partial charge on any atom is -0.331 e. The molecule has 3 rings (SSSR count). The van der Waals surface area contributed by atoms with Crippen LogP contribution in [0.3, 0.4) is 0 Å². The summed E-state index contributed by atoms with van der Waals surface area (Å²) < 4.78 is 2.39. The number of aromatic nitrogens is 3. The van der Waals surface area contributed by atoms with Gasteiger partial charge >= 0.3 is 0 Å². The Labute approximate surface area is 120 Å². The fourth-order valence-electron chi connectivity index (χ4n) is 2.96. The van der Waals surface area contributed by atoms with E-state index in [4.69, 9.17) is 4.98 Å². The first kappa shape index (κ1) is 13.3. The van der Waals surface area contributed by atoms with Crippen LogP contribution in [0.4, 0.5) is 0 Å². The average Bonchev–Trinajstić information content (AvgIpc) is 2.80. The van der Waals surface area contributed by atoms with Gasteiger partial charge in [-0.05, 0) is 44.2 Å². The van der Waals surface area contributed by atoms with Gasteiger partial charge in [0, 0.05) is 37.7 Å². The lowest BCUT2D eigenvalue weighted by Crippen LogP contribution is -2.21. The van der Waals surface area contributed by atoms with Crippen LogP contribution in [0.1, 0.15) is 35.6 Å². The SMILES string of the molecule is Cc1nc2c(n1CCNCc1cccnc1)CCCC2. The molecule has 1 aliphatic rings. The van der Waals surface area contributed by atoms with Gasteiger partial charge in [0.1, 0.15) is 5.82 Å². The zero-order chi connectivity index (χ0) is 13.8. The van der Waals surface area contributed by atoms with E-state index in [0.29, 0.717) is 0 Å². The van der Waals surface area contributed by atoms with E-state index in [0.717, 1.165) is 26.1 Å². The van der Waals surface area contributed by atoms with Crippen LogP contribution in [0.2, 0.25) is 0 Å². The summed E-state index contributed by atoms with van der Waals surface area (Å²) in [6.07, 6.45) is 8.68. The van der Waals surface area contributed by atoms with Crippen molar-refractivity contribution >= 4 is 0 Å². The first-order valence-corrected chi connectivity index (χ1v) is 7.49. The highest BCUT2D eigenvalue weighted by Gasteiger charge is 2.17. The zero-order valence-electron chi connectivity index (χ0n) is 12.1. The van der Waals surface area contributed by atoms with E-state index in [1.165, 1.54) is 42.0 Å². The molecule has 0 aliphatic heterocycles. The van der Waals surface area contributed by atoms with Gasteiger partial charge in [0.15, 0.2) is 0 Å². The van der Waals surface area contributed by atoms with Crippen molar-refractivity contribution in [1.82, 2.24) is 19.9 Å². The summed E-state index contributed by atoms with van der Waals surface area (Å²) in [4.78, 5) is 8.84. The smallest absolute Gasteiger partial charge is 0.106 e. The Morgan fingerprint density at radius 2 is 2.20 bits per heavy atom. The Hall–Kier alpha value is -1.68. The third-order valence-electron chi connectivity index (χ3n) is 3.99. The number of hydrogen-bond acceptors (Lipinski definition) is 3. The summed E-state index contributed by atoms with van der Waals surface area (Å²) in [6, 6.07) is 4.08. The molecule has 0 aromatic carbocycles. The summed E-state index contributed by atoms with van der Waals surface area (Å²) in [5.41, 5.74) is 4.04. The predicted octanol–water partition coefficient (Wildman–Crippen LogP) is 2.26. The van der Waals surface area contributed by atoms with E-state index in [2.05, 4.69) is 27.9 Å². The van der Waals surface area contributed by atoms with Crippen LogP contribution >= 0.6 is 0 Å². The summed E-state index contributed by atoms with van der Waals surface area (Å²) >= 11 is 0. The van der Waals surface area contributed by atoms with Crippen LogP contribution in [0.25, 0.3) is 0 Å². The van der Waals surface area contributed by atoms with Crippen LogP contribution in [-0.4, -0.2) is 21.1 Å². The molecular formula is C16H22N4. The normalized spacial score (nSPS) is 14.2.